The quantitative estimate of drug-likeness (QED) is 0.356. The third-order valence-corrected chi connectivity index (χ3v) is 3.80. The monoisotopic (exact) mass is 476 g/mol. The van der Waals surface area contributed by atoms with Crippen molar-refractivity contribution in [1.82, 2.24) is 0 Å². The van der Waals surface area contributed by atoms with Crippen molar-refractivity contribution in [2.24, 2.45) is 0 Å². The van der Waals surface area contributed by atoms with Crippen LogP contribution in [0.15, 0.2) is 24.3 Å². The second kappa shape index (κ2) is 42.8. The van der Waals surface area contributed by atoms with Crippen LogP contribution in [0.2, 0.25) is 0 Å². The van der Waals surface area contributed by atoms with Crippen LogP contribution in [0, 0.1) is 47.1 Å². The molecule has 5 nitrogen and oxygen atoms in total. The van der Waals surface area contributed by atoms with Crippen LogP contribution in [0.4, 0.5) is 0 Å². The number of rotatable bonds is 2. The van der Waals surface area contributed by atoms with Crippen LogP contribution < -0.4 is 0 Å². The van der Waals surface area contributed by atoms with Crippen molar-refractivity contribution in [2.75, 3.05) is 0 Å². The minimum atomic E-state index is 0. The van der Waals surface area contributed by atoms with Gasteiger partial charge in [-0.3, -0.25) is 0 Å². The molecule has 0 amide bonds. The maximum atomic E-state index is 7.50. The first-order valence-electron chi connectivity index (χ1n) is 4.50. The van der Waals surface area contributed by atoms with Gasteiger partial charge in [0.25, 0.3) is 0 Å². The average molecular weight is 476 g/mol. The second-order valence-electron chi connectivity index (χ2n) is 2.61. The first-order chi connectivity index (χ1) is 9.74. The Morgan fingerprint density at radius 2 is 1.10 bits per heavy atom. The maximum Gasteiger partial charge on any atom is 0 e. The number of hydrogen-bond donors (Lipinski definition) is 0. The summed E-state index contributed by atoms with van der Waals surface area (Å²) in [5.41, 5.74) is 2.90. The van der Waals surface area contributed by atoms with Gasteiger partial charge in [-0.15, -0.1) is 14.1 Å². The van der Waals surface area contributed by atoms with Crippen LogP contribution in [0.5, 0.6) is 0 Å². The van der Waals surface area contributed by atoms with Gasteiger partial charge in [-0.05, 0) is 36.6 Å². The number of aryl methyl sites for hydroxylation is 2. The van der Waals surface area contributed by atoms with E-state index >= 15 is 0 Å². The van der Waals surface area contributed by atoms with Gasteiger partial charge >= 0.3 is 56.5 Å². The zero-order valence-corrected chi connectivity index (χ0v) is 15.4. The van der Waals surface area contributed by atoms with Crippen molar-refractivity contribution >= 4 is 7.53 Å². The minimum absolute atomic E-state index is 0. The van der Waals surface area contributed by atoms with Crippen molar-refractivity contribution in [3.8, 4) is 0 Å². The molecule has 7 heteroatoms. The van der Waals surface area contributed by atoms with E-state index in [4.69, 9.17) is 23.3 Å². The van der Waals surface area contributed by atoms with Crippen LogP contribution in [-0.4, -0.2) is 0 Å². The molecule has 1 rings (SSSR count). The zero-order valence-electron chi connectivity index (χ0n) is 11.5. The molecular formula is C14H13O5PW. The van der Waals surface area contributed by atoms with Crippen LogP contribution >= 0.6 is 7.53 Å². The molecule has 0 saturated heterocycles. The summed E-state index contributed by atoms with van der Waals surface area (Å²) in [6.45, 7) is 30.6. The summed E-state index contributed by atoms with van der Waals surface area (Å²) in [7, 11) is 0.0340. The van der Waals surface area contributed by atoms with Gasteiger partial charge in [0, 0.05) is 27.2 Å². The van der Waals surface area contributed by atoms with E-state index in [0.29, 0.717) is 0 Å². The molecular weight excluding hydrogens is 463 g/mol. The Kier molecular flexibility index (Phi) is 74.9. The molecule has 0 atom stereocenters. The minimum Gasteiger partial charge on any atom is 0 e. The molecule has 21 heavy (non-hydrogen) atoms. The molecule has 1 aromatic heterocycles. The van der Waals surface area contributed by atoms with E-state index in [-0.39, 0.29) is 28.6 Å². The molecule has 0 radical (unpaired) electrons. The van der Waals surface area contributed by atoms with Crippen molar-refractivity contribution in [3.63, 3.8) is 0 Å². The Labute approximate surface area is 140 Å². The van der Waals surface area contributed by atoms with Crippen molar-refractivity contribution in [3.05, 3.63) is 68.6 Å². The molecule has 0 N–H and O–H groups in total. The largest absolute Gasteiger partial charge is 0 e. The van der Waals surface area contributed by atoms with Gasteiger partial charge in [0.2, 0.25) is 0 Å². The van der Waals surface area contributed by atoms with Crippen molar-refractivity contribution in [2.45, 2.75) is 20.0 Å². The van der Waals surface area contributed by atoms with Crippen LogP contribution in [0.1, 0.15) is 11.1 Å². The predicted octanol–water partition coefficient (Wildman–Crippen LogP) is 3.29. The molecule has 0 saturated carbocycles. The molecule has 110 valence electrons. The van der Waals surface area contributed by atoms with Gasteiger partial charge in [0.15, 0.2) is 0 Å². The van der Waals surface area contributed by atoms with Gasteiger partial charge in [0.05, 0.1) is 0 Å². The molecule has 0 aliphatic rings. The van der Waals surface area contributed by atoms with E-state index in [0.717, 1.165) is 6.16 Å². The van der Waals surface area contributed by atoms with Gasteiger partial charge in [0.1, 0.15) is 0 Å². The molecule has 0 aliphatic heterocycles. The number of hydrogen-bond acceptors (Lipinski definition) is 0. The number of allylic oxidation sites excluding steroid dienone is 1. The topological polar surface area (TPSA) is 99.5 Å². The third-order valence-electron chi connectivity index (χ3n) is 1.68. The first-order valence-corrected chi connectivity index (χ1v) is 6.16. The Hall–Kier alpha value is -1.09. The smallest absolute Gasteiger partial charge is 0 e. The molecule has 0 fully saturated rings. The molecule has 0 aromatic carbocycles. The van der Waals surface area contributed by atoms with Gasteiger partial charge in [-0.25, -0.2) is 0 Å². The molecule has 1 heterocycles. The SMILES string of the molecule is C=CCp1cc(C)c(C)c1.[C-]#[O+].[C-]#[O+].[C-]#[O+].[C-]#[O+].[C-]#[O+].[W]. The Morgan fingerprint density at radius 3 is 1.29 bits per heavy atom. The summed E-state index contributed by atoms with van der Waals surface area (Å²) < 4.78 is 37.5. The Bertz CT molecular complexity index is 372. The van der Waals surface area contributed by atoms with E-state index in [9.17, 15) is 0 Å². The van der Waals surface area contributed by atoms with E-state index in [1.807, 2.05) is 6.08 Å². The predicted molar refractivity (Wildman–Crippen MR) is 68.5 cm³/mol. The van der Waals surface area contributed by atoms with E-state index in [2.05, 4.69) is 65.3 Å². The van der Waals surface area contributed by atoms with Crippen molar-refractivity contribution in [1.29, 1.82) is 0 Å². The zero-order chi connectivity index (χ0) is 17.6. The summed E-state index contributed by atoms with van der Waals surface area (Å²) in [6, 6.07) is 0. The van der Waals surface area contributed by atoms with Gasteiger partial charge in [-0.2, -0.15) is 0 Å². The first kappa shape index (κ1) is 36.8. The average Bonchev–Trinajstić information content (AvgIpc) is 2.88. The Morgan fingerprint density at radius 1 is 0.857 bits per heavy atom. The summed E-state index contributed by atoms with van der Waals surface area (Å²) in [4.78, 5) is 0. The molecule has 0 unspecified atom stereocenters. The normalized spacial score (nSPS) is 5.14. The van der Waals surface area contributed by atoms with E-state index in [1.165, 1.54) is 11.1 Å². The van der Waals surface area contributed by atoms with Crippen LogP contribution in [0.25, 0.3) is 0 Å². The Balaban J connectivity index is -0.0000000440. The second-order valence-corrected chi connectivity index (χ2v) is 4.52. The van der Waals surface area contributed by atoms with Gasteiger partial charge < -0.3 is 0 Å². The fourth-order valence-corrected chi connectivity index (χ4v) is 2.98. The fraction of sp³-hybridized carbons (Fsp3) is 0.214. The van der Waals surface area contributed by atoms with E-state index < -0.39 is 0 Å². The van der Waals surface area contributed by atoms with Gasteiger partial charge in [-0.1, -0.05) is 6.08 Å². The summed E-state index contributed by atoms with van der Waals surface area (Å²) in [5.74, 6) is 4.73. The van der Waals surface area contributed by atoms with Crippen molar-refractivity contribution < 1.29 is 44.3 Å². The molecule has 0 bridgehead atoms. The van der Waals surface area contributed by atoms with Crippen LogP contribution in [0.3, 0.4) is 0 Å². The summed E-state index contributed by atoms with van der Waals surface area (Å²) in [5, 5.41) is 0. The molecule has 1 aromatic rings. The summed E-state index contributed by atoms with van der Waals surface area (Å²) >= 11 is 0. The van der Waals surface area contributed by atoms with Crippen LogP contribution in [-0.2, 0) is 50.5 Å². The molecule has 0 spiro atoms. The fourth-order valence-electron chi connectivity index (χ4n) is 0.993. The van der Waals surface area contributed by atoms with E-state index in [1.54, 1.807) is 0 Å². The third kappa shape index (κ3) is 27.9. The summed E-state index contributed by atoms with van der Waals surface area (Å²) in [6.07, 6.45) is 3.15. The standard InChI is InChI=1S/C9H13P.5CO.W/c1-4-5-10-6-8(2)9(3)7-10;5*1-2;/h4,6-7H,1,5H2,2-3H3;;;;;;. The molecule has 0 aliphatic carbocycles. The maximum absolute atomic E-state index is 7.50.